The van der Waals surface area contributed by atoms with Gasteiger partial charge in [0.1, 0.15) is 0 Å². The van der Waals surface area contributed by atoms with Gasteiger partial charge in [0.15, 0.2) is 0 Å². The van der Waals surface area contributed by atoms with E-state index in [1.54, 1.807) is 18.3 Å². The fraction of sp³-hybridized carbons (Fsp3) is 0.375. The molecule has 1 aromatic heterocycles. The summed E-state index contributed by atoms with van der Waals surface area (Å²) in [5.74, 6) is -1.05. The van der Waals surface area contributed by atoms with Gasteiger partial charge in [0.05, 0.1) is 5.92 Å². The summed E-state index contributed by atoms with van der Waals surface area (Å²) >= 11 is 4.94. The minimum atomic E-state index is -0.742. The fourth-order valence-electron chi connectivity index (χ4n) is 0.871. The van der Waals surface area contributed by atoms with Crippen LogP contribution in [0.2, 0.25) is 0 Å². The van der Waals surface area contributed by atoms with Gasteiger partial charge in [-0.3, -0.25) is 4.79 Å². The first-order chi connectivity index (χ1) is 5.61. The van der Waals surface area contributed by atoms with E-state index in [4.69, 9.17) is 5.11 Å². The highest BCUT2D eigenvalue weighted by Gasteiger charge is 2.13. The quantitative estimate of drug-likeness (QED) is 0.894. The third-order valence-corrected chi connectivity index (χ3v) is 3.47. The van der Waals surface area contributed by atoms with Crippen molar-refractivity contribution in [1.29, 1.82) is 0 Å². The Bertz CT molecular complexity index is 282. The van der Waals surface area contributed by atoms with Gasteiger partial charge in [-0.1, -0.05) is 6.92 Å². The molecule has 2 nitrogen and oxygen atoms in total. The largest absolute Gasteiger partial charge is 0.481 e. The SMILES string of the molecule is CC(Cc1cscc1Br)C(=O)O. The van der Waals surface area contributed by atoms with Gasteiger partial charge < -0.3 is 5.11 Å². The van der Waals surface area contributed by atoms with Crippen LogP contribution in [0.25, 0.3) is 0 Å². The van der Waals surface area contributed by atoms with Crippen LogP contribution in [0.5, 0.6) is 0 Å². The first kappa shape index (κ1) is 9.74. The van der Waals surface area contributed by atoms with Crippen molar-refractivity contribution in [2.24, 2.45) is 5.92 Å². The molecule has 0 aliphatic rings. The van der Waals surface area contributed by atoms with Gasteiger partial charge in [-0.2, -0.15) is 11.3 Å². The van der Waals surface area contributed by atoms with Crippen LogP contribution in [0.1, 0.15) is 12.5 Å². The topological polar surface area (TPSA) is 37.3 Å². The lowest BCUT2D eigenvalue weighted by Gasteiger charge is -2.03. The van der Waals surface area contributed by atoms with Gasteiger partial charge >= 0.3 is 5.97 Å². The molecule has 1 rings (SSSR count). The van der Waals surface area contributed by atoms with E-state index in [0.717, 1.165) is 10.0 Å². The molecule has 0 amide bonds. The molecule has 12 heavy (non-hydrogen) atoms. The van der Waals surface area contributed by atoms with E-state index in [1.807, 2.05) is 10.8 Å². The maximum atomic E-state index is 10.5. The Morgan fingerprint density at radius 1 is 1.75 bits per heavy atom. The van der Waals surface area contributed by atoms with Gasteiger partial charge in [-0.15, -0.1) is 0 Å². The molecule has 0 bridgehead atoms. The van der Waals surface area contributed by atoms with Crippen molar-refractivity contribution in [2.75, 3.05) is 0 Å². The number of hydrogen-bond donors (Lipinski definition) is 1. The molecule has 0 spiro atoms. The fourth-order valence-corrected chi connectivity index (χ4v) is 2.35. The molecule has 0 fully saturated rings. The summed E-state index contributed by atoms with van der Waals surface area (Å²) in [5.41, 5.74) is 1.08. The average molecular weight is 249 g/mol. The zero-order valence-corrected chi connectivity index (χ0v) is 8.98. The van der Waals surface area contributed by atoms with E-state index < -0.39 is 5.97 Å². The number of rotatable bonds is 3. The van der Waals surface area contributed by atoms with Gasteiger partial charge in [-0.05, 0) is 33.3 Å². The summed E-state index contributed by atoms with van der Waals surface area (Å²) in [5, 5.41) is 12.6. The van der Waals surface area contributed by atoms with Gasteiger partial charge in [0, 0.05) is 9.85 Å². The molecule has 1 heterocycles. The maximum absolute atomic E-state index is 10.5. The Balaban J connectivity index is 2.64. The van der Waals surface area contributed by atoms with Crippen molar-refractivity contribution in [3.63, 3.8) is 0 Å². The van der Waals surface area contributed by atoms with E-state index in [2.05, 4.69) is 15.9 Å². The summed E-state index contributed by atoms with van der Waals surface area (Å²) in [4.78, 5) is 10.5. The van der Waals surface area contributed by atoms with E-state index in [0.29, 0.717) is 6.42 Å². The van der Waals surface area contributed by atoms with Crippen LogP contribution in [-0.2, 0) is 11.2 Å². The predicted molar refractivity (Wildman–Crippen MR) is 52.5 cm³/mol. The van der Waals surface area contributed by atoms with Crippen LogP contribution < -0.4 is 0 Å². The summed E-state index contributed by atoms with van der Waals surface area (Å²) < 4.78 is 1.01. The van der Waals surface area contributed by atoms with Crippen LogP contribution in [0.3, 0.4) is 0 Å². The van der Waals surface area contributed by atoms with Crippen molar-refractivity contribution in [1.82, 2.24) is 0 Å². The molecule has 0 aromatic carbocycles. The lowest BCUT2D eigenvalue weighted by molar-refractivity contribution is -0.141. The number of hydrogen-bond acceptors (Lipinski definition) is 2. The molecular weight excluding hydrogens is 240 g/mol. The highest BCUT2D eigenvalue weighted by Crippen LogP contribution is 2.23. The minimum absolute atomic E-state index is 0.309. The zero-order chi connectivity index (χ0) is 9.14. The molecule has 1 N–H and O–H groups in total. The van der Waals surface area contributed by atoms with E-state index in [1.165, 1.54) is 0 Å². The minimum Gasteiger partial charge on any atom is -0.481 e. The van der Waals surface area contributed by atoms with Crippen molar-refractivity contribution in [3.8, 4) is 0 Å². The molecule has 1 unspecified atom stereocenters. The van der Waals surface area contributed by atoms with Crippen molar-refractivity contribution < 1.29 is 9.90 Å². The molecule has 0 saturated heterocycles. The number of carboxylic acids is 1. The summed E-state index contributed by atoms with van der Waals surface area (Å²) in [6.07, 6.45) is 0.597. The number of carbonyl (C=O) groups is 1. The standard InChI is InChI=1S/C8H9BrO2S/c1-5(8(10)11)2-6-3-12-4-7(6)9/h3-5H,2H2,1H3,(H,10,11). The third kappa shape index (κ3) is 2.32. The Morgan fingerprint density at radius 3 is 2.83 bits per heavy atom. The van der Waals surface area contributed by atoms with Crippen molar-refractivity contribution in [3.05, 3.63) is 20.8 Å². The number of aliphatic carboxylic acids is 1. The Kier molecular flexibility index (Phi) is 3.29. The second-order valence-corrected chi connectivity index (χ2v) is 4.29. The van der Waals surface area contributed by atoms with Crippen LogP contribution in [-0.4, -0.2) is 11.1 Å². The monoisotopic (exact) mass is 248 g/mol. The van der Waals surface area contributed by atoms with Crippen LogP contribution in [0.15, 0.2) is 15.2 Å². The smallest absolute Gasteiger partial charge is 0.306 e. The van der Waals surface area contributed by atoms with Crippen LogP contribution >= 0.6 is 27.3 Å². The molecule has 1 aromatic rings. The summed E-state index contributed by atoms with van der Waals surface area (Å²) in [6, 6.07) is 0. The molecule has 1 atom stereocenters. The Labute approximate surface area is 83.4 Å². The predicted octanol–water partition coefficient (Wildman–Crippen LogP) is 2.77. The van der Waals surface area contributed by atoms with Gasteiger partial charge in [0.25, 0.3) is 0 Å². The lowest BCUT2D eigenvalue weighted by Crippen LogP contribution is -2.11. The van der Waals surface area contributed by atoms with Crippen LogP contribution in [0.4, 0.5) is 0 Å². The number of halogens is 1. The summed E-state index contributed by atoms with van der Waals surface area (Å²) in [6.45, 7) is 1.71. The molecule has 0 aliphatic carbocycles. The molecular formula is C8H9BrO2S. The Hall–Kier alpha value is -0.350. The maximum Gasteiger partial charge on any atom is 0.306 e. The zero-order valence-electron chi connectivity index (χ0n) is 6.58. The number of thiophene rings is 1. The second-order valence-electron chi connectivity index (χ2n) is 2.69. The van der Waals surface area contributed by atoms with E-state index in [-0.39, 0.29) is 5.92 Å². The summed E-state index contributed by atoms with van der Waals surface area (Å²) in [7, 11) is 0. The first-order valence-electron chi connectivity index (χ1n) is 3.54. The molecule has 0 saturated carbocycles. The van der Waals surface area contributed by atoms with E-state index >= 15 is 0 Å². The second kappa shape index (κ2) is 4.05. The van der Waals surface area contributed by atoms with Crippen molar-refractivity contribution >= 4 is 33.2 Å². The van der Waals surface area contributed by atoms with Gasteiger partial charge in [0.2, 0.25) is 0 Å². The van der Waals surface area contributed by atoms with Crippen molar-refractivity contribution in [2.45, 2.75) is 13.3 Å². The third-order valence-electron chi connectivity index (χ3n) is 1.64. The average Bonchev–Trinajstić information content (AvgIpc) is 2.36. The lowest BCUT2D eigenvalue weighted by atomic mass is 10.0. The first-order valence-corrected chi connectivity index (χ1v) is 5.28. The molecule has 0 aliphatic heterocycles. The molecule has 4 heteroatoms. The normalized spacial score (nSPS) is 12.8. The van der Waals surface area contributed by atoms with E-state index in [9.17, 15) is 4.79 Å². The van der Waals surface area contributed by atoms with Crippen LogP contribution in [0, 0.1) is 5.92 Å². The highest BCUT2D eigenvalue weighted by molar-refractivity contribution is 9.10. The van der Waals surface area contributed by atoms with Gasteiger partial charge in [-0.25, -0.2) is 0 Å². The molecule has 0 radical (unpaired) electrons. The number of carboxylic acid groups (broad SMARTS) is 1. The highest BCUT2D eigenvalue weighted by atomic mass is 79.9. The Morgan fingerprint density at radius 2 is 2.42 bits per heavy atom. The molecule has 66 valence electrons.